The molecular weight excluding hydrogens is 144 g/mol. The van der Waals surface area contributed by atoms with Gasteiger partial charge in [0.1, 0.15) is 0 Å². The van der Waals surface area contributed by atoms with E-state index >= 15 is 0 Å². The third-order valence-electron chi connectivity index (χ3n) is 1.98. The van der Waals surface area contributed by atoms with Crippen LogP contribution in [-0.2, 0) is 0 Å². The Balaban J connectivity index is 3.40. The number of rotatable bonds is 6. The molecule has 0 saturated carbocycles. The summed E-state index contributed by atoms with van der Waals surface area (Å²) >= 11 is 0. The SMILES string of the molecule is C=C(C)CCC(=C)CCC(C)C. The topological polar surface area (TPSA) is 0 Å². The Morgan fingerprint density at radius 1 is 1.08 bits per heavy atom. The van der Waals surface area contributed by atoms with E-state index in [1.807, 2.05) is 0 Å². The van der Waals surface area contributed by atoms with Crippen LogP contribution in [0.25, 0.3) is 0 Å². The lowest BCUT2D eigenvalue weighted by Gasteiger charge is -2.07. The lowest BCUT2D eigenvalue weighted by Crippen LogP contribution is -1.90. The molecular formula is C12H22. The van der Waals surface area contributed by atoms with Gasteiger partial charge in [-0.3, -0.25) is 0 Å². The summed E-state index contributed by atoms with van der Waals surface area (Å²) in [6.07, 6.45) is 4.69. The molecule has 0 rings (SSSR count). The summed E-state index contributed by atoms with van der Waals surface area (Å²) in [7, 11) is 0. The molecule has 70 valence electrons. The second-order valence-electron chi connectivity index (χ2n) is 4.14. The van der Waals surface area contributed by atoms with Crippen LogP contribution in [0.1, 0.15) is 46.5 Å². The highest BCUT2D eigenvalue weighted by Crippen LogP contribution is 2.16. The summed E-state index contributed by atoms with van der Waals surface area (Å²) in [6, 6.07) is 0. The van der Waals surface area contributed by atoms with Crippen LogP contribution in [0.15, 0.2) is 24.3 Å². The van der Waals surface area contributed by atoms with Crippen LogP contribution in [0.3, 0.4) is 0 Å². The smallest absolute Gasteiger partial charge is 0.0286 e. The van der Waals surface area contributed by atoms with Crippen LogP contribution in [0, 0.1) is 5.92 Å². The van der Waals surface area contributed by atoms with Gasteiger partial charge in [0.25, 0.3) is 0 Å². The standard InChI is InChI=1S/C12H22/c1-10(2)6-8-12(5)9-7-11(3)4/h11H,1,5-9H2,2-4H3. The van der Waals surface area contributed by atoms with E-state index in [0.29, 0.717) is 0 Å². The van der Waals surface area contributed by atoms with E-state index in [0.717, 1.165) is 18.8 Å². The summed E-state index contributed by atoms with van der Waals surface area (Å²) in [5.41, 5.74) is 2.65. The molecule has 0 nitrogen and oxygen atoms in total. The first kappa shape index (κ1) is 11.5. The van der Waals surface area contributed by atoms with Crippen molar-refractivity contribution in [2.24, 2.45) is 5.92 Å². The molecule has 0 aliphatic heterocycles. The summed E-state index contributed by atoms with van der Waals surface area (Å²) in [4.78, 5) is 0. The molecule has 0 spiro atoms. The minimum Gasteiger partial charge on any atom is -0.100 e. The normalized spacial score (nSPS) is 10.3. The lowest BCUT2D eigenvalue weighted by atomic mass is 9.99. The van der Waals surface area contributed by atoms with Crippen molar-refractivity contribution < 1.29 is 0 Å². The van der Waals surface area contributed by atoms with Crippen LogP contribution >= 0.6 is 0 Å². The first-order chi connectivity index (χ1) is 5.52. The minimum absolute atomic E-state index is 0.798. The van der Waals surface area contributed by atoms with Gasteiger partial charge in [0.15, 0.2) is 0 Å². The van der Waals surface area contributed by atoms with E-state index in [2.05, 4.69) is 33.9 Å². The largest absolute Gasteiger partial charge is 0.100 e. The van der Waals surface area contributed by atoms with Crippen molar-refractivity contribution in [2.75, 3.05) is 0 Å². The van der Waals surface area contributed by atoms with Crippen LogP contribution in [0.5, 0.6) is 0 Å². The first-order valence-corrected chi connectivity index (χ1v) is 4.83. The fourth-order valence-corrected chi connectivity index (χ4v) is 1.01. The van der Waals surface area contributed by atoms with Crippen LogP contribution in [-0.4, -0.2) is 0 Å². The van der Waals surface area contributed by atoms with Crippen LogP contribution in [0.2, 0.25) is 0 Å². The summed E-state index contributed by atoms with van der Waals surface area (Å²) in [5, 5.41) is 0. The third kappa shape index (κ3) is 7.59. The molecule has 0 aliphatic carbocycles. The van der Waals surface area contributed by atoms with Gasteiger partial charge in [-0.1, -0.05) is 31.6 Å². The molecule has 0 saturated heterocycles. The van der Waals surface area contributed by atoms with Gasteiger partial charge < -0.3 is 0 Å². The van der Waals surface area contributed by atoms with Crippen molar-refractivity contribution >= 4 is 0 Å². The molecule has 0 N–H and O–H groups in total. The summed E-state index contributed by atoms with van der Waals surface area (Å²) < 4.78 is 0. The van der Waals surface area contributed by atoms with Crippen molar-refractivity contribution in [3.8, 4) is 0 Å². The van der Waals surface area contributed by atoms with Crippen molar-refractivity contribution in [3.63, 3.8) is 0 Å². The van der Waals surface area contributed by atoms with Gasteiger partial charge in [0.05, 0.1) is 0 Å². The highest BCUT2D eigenvalue weighted by Gasteiger charge is 1.97. The Bertz CT molecular complexity index is 151. The Morgan fingerprint density at radius 2 is 1.67 bits per heavy atom. The molecule has 0 unspecified atom stereocenters. The molecule has 0 aliphatic rings. The maximum atomic E-state index is 4.06. The van der Waals surface area contributed by atoms with Gasteiger partial charge in [-0.15, -0.1) is 6.58 Å². The monoisotopic (exact) mass is 166 g/mol. The number of hydrogen-bond acceptors (Lipinski definition) is 0. The van der Waals surface area contributed by atoms with Crippen molar-refractivity contribution in [2.45, 2.75) is 46.5 Å². The van der Waals surface area contributed by atoms with Crippen molar-refractivity contribution in [1.29, 1.82) is 0 Å². The quantitative estimate of drug-likeness (QED) is 0.515. The van der Waals surface area contributed by atoms with Crippen LogP contribution in [0.4, 0.5) is 0 Å². The lowest BCUT2D eigenvalue weighted by molar-refractivity contribution is 0.577. The molecule has 0 heteroatoms. The van der Waals surface area contributed by atoms with E-state index in [1.54, 1.807) is 0 Å². The fourth-order valence-electron chi connectivity index (χ4n) is 1.01. The Hall–Kier alpha value is -0.520. The zero-order valence-electron chi connectivity index (χ0n) is 8.82. The van der Waals surface area contributed by atoms with Gasteiger partial charge in [0.2, 0.25) is 0 Å². The summed E-state index contributed by atoms with van der Waals surface area (Å²) in [5.74, 6) is 0.798. The predicted molar refractivity (Wildman–Crippen MR) is 57.3 cm³/mol. The molecule has 0 aromatic carbocycles. The zero-order chi connectivity index (χ0) is 9.56. The van der Waals surface area contributed by atoms with Crippen LogP contribution < -0.4 is 0 Å². The van der Waals surface area contributed by atoms with E-state index in [1.165, 1.54) is 24.0 Å². The molecule has 0 heterocycles. The predicted octanol–water partition coefficient (Wildman–Crippen LogP) is 4.34. The second-order valence-corrected chi connectivity index (χ2v) is 4.14. The van der Waals surface area contributed by atoms with E-state index in [4.69, 9.17) is 0 Å². The Morgan fingerprint density at radius 3 is 2.08 bits per heavy atom. The first-order valence-electron chi connectivity index (χ1n) is 4.83. The highest BCUT2D eigenvalue weighted by atomic mass is 14.0. The fraction of sp³-hybridized carbons (Fsp3) is 0.667. The van der Waals surface area contributed by atoms with Crippen molar-refractivity contribution in [3.05, 3.63) is 24.3 Å². The Kier molecular flexibility index (Phi) is 5.79. The Labute approximate surface area is 77.4 Å². The zero-order valence-corrected chi connectivity index (χ0v) is 8.82. The number of hydrogen-bond donors (Lipinski definition) is 0. The third-order valence-corrected chi connectivity index (χ3v) is 1.98. The van der Waals surface area contributed by atoms with Gasteiger partial charge >= 0.3 is 0 Å². The average Bonchev–Trinajstić information content (AvgIpc) is 1.96. The van der Waals surface area contributed by atoms with E-state index < -0.39 is 0 Å². The molecule has 12 heavy (non-hydrogen) atoms. The second kappa shape index (κ2) is 6.05. The molecule has 0 amide bonds. The van der Waals surface area contributed by atoms with Crippen molar-refractivity contribution in [1.82, 2.24) is 0 Å². The maximum absolute atomic E-state index is 4.06. The molecule has 0 fully saturated rings. The van der Waals surface area contributed by atoms with Gasteiger partial charge in [-0.25, -0.2) is 0 Å². The molecule has 0 radical (unpaired) electrons. The molecule has 0 atom stereocenters. The number of allylic oxidation sites excluding steroid dienone is 2. The van der Waals surface area contributed by atoms with E-state index in [9.17, 15) is 0 Å². The highest BCUT2D eigenvalue weighted by molar-refractivity contribution is 4.99. The minimum atomic E-state index is 0.798. The van der Waals surface area contributed by atoms with Gasteiger partial charge in [-0.05, 0) is 38.5 Å². The van der Waals surface area contributed by atoms with Gasteiger partial charge in [0, 0.05) is 0 Å². The summed E-state index contributed by atoms with van der Waals surface area (Å²) in [6.45, 7) is 14.5. The maximum Gasteiger partial charge on any atom is -0.0286 e. The van der Waals surface area contributed by atoms with E-state index in [-0.39, 0.29) is 0 Å². The average molecular weight is 166 g/mol. The van der Waals surface area contributed by atoms with Gasteiger partial charge in [-0.2, -0.15) is 0 Å². The molecule has 0 aromatic rings. The molecule has 0 bridgehead atoms. The molecule has 0 aromatic heterocycles.